The number of aromatic amines is 1. The number of carbonyl (C=O) groups excluding carboxylic acids is 1. The molecule has 0 bridgehead atoms. The van der Waals surface area contributed by atoms with E-state index in [4.69, 9.17) is 0 Å². The molecule has 1 saturated heterocycles. The van der Waals surface area contributed by atoms with Crippen molar-refractivity contribution in [1.29, 1.82) is 0 Å². The highest BCUT2D eigenvalue weighted by Gasteiger charge is 2.18. The molecule has 0 atom stereocenters. The Hall–Kier alpha value is -3.39. The topological polar surface area (TPSA) is 95.1 Å². The highest BCUT2D eigenvalue weighted by molar-refractivity contribution is 6.04. The van der Waals surface area contributed by atoms with E-state index in [0.717, 1.165) is 43.0 Å². The minimum Gasteiger partial charge on any atom is -0.367 e. The molecule has 0 saturated carbocycles. The molecule has 150 valence electrons. The molecule has 3 heterocycles. The first-order valence-corrected chi connectivity index (χ1v) is 9.63. The number of nitrogens with zero attached hydrogens (tertiary/aromatic N) is 3. The summed E-state index contributed by atoms with van der Waals surface area (Å²) in [5.74, 6) is -0.380. The molecule has 0 spiro atoms. The van der Waals surface area contributed by atoms with Crippen LogP contribution in [0.15, 0.2) is 47.5 Å². The Labute approximate surface area is 168 Å². The number of amides is 1. The van der Waals surface area contributed by atoms with Crippen LogP contribution in [-0.2, 0) is 0 Å². The monoisotopic (exact) mass is 392 g/mol. The number of hydrogen-bond donors (Lipinski definition) is 3. The van der Waals surface area contributed by atoms with Gasteiger partial charge in [-0.1, -0.05) is 6.07 Å². The van der Waals surface area contributed by atoms with Crippen LogP contribution in [0.1, 0.15) is 21.6 Å². The lowest BCUT2D eigenvalue weighted by atomic mass is 10.1. The number of pyridine rings is 1. The van der Waals surface area contributed by atoms with E-state index in [1.54, 1.807) is 12.4 Å². The van der Waals surface area contributed by atoms with E-state index in [1.807, 2.05) is 38.1 Å². The van der Waals surface area contributed by atoms with Crippen LogP contribution in [0.3, 0.4) is 0 Å². The predicted octanol–water partition coefficient (Wildman–Crippen LogP) is 1.84. The average Bonchev–Trinajstić information content (AvgIpc) is 3.13. The molecule has 8 heteroatoms. The van der Waals surface area contributed by atoms with Gasteiger partial charge < -0.3 is 15.5 Å². The summed E-state index contributed by atoms with van der Waals surface area (Å²) in [6, 6.07) is 8.92. The van der Waals surface area contributed by atoms with Crippen molar-refractivity contribution in [2.45, 2.75) is 13.8 Å². The Morgan fingerprint density at radius 3 is 2.66 bits per heavy atom. The quantitative estimate of drug-likeness (QED) is 0.630. The number of piperazine rings is 1. The Kier molecular flexibility index (Phi) is 5.18. The second-order valence-electron chi connectivity index (χ2n) is 7.20. The van der Waals surface area contributed by atoms with E-state index in [-0.39, 0.29) is 17.2 Å². The third-order valence-electron chi connectivity index (χ3n) is 5.22. The Morgan fingerprint density at radius 2 is 1.90 bits per heavy atom. The summed E-state index contributed by atoms with van der Waals surface area (Å²) in [5, 5.41) is 9.12. The summed E-state index contributed by atoms with van der Waals surface area (Å²) in [4.78, 5) is 31.6. The van der Waals surface area contributed by atoms with Crippen molar-refractivity contribution in [1.82, 2.24) is 20.1 Å². The van der Waals surface area contributed by atoms with Gasteiger partial charge in [-0.25, -0.2) is 4.68 Å². The number of hydrogen-bond acceptors (Lipinski definition) is 5. The van der Waals surface area contributed by atoms with Crippen LogP contribution in [-0.4, -0.2) is 46.9 Å². The fourth-order valence-electron chi connectivity index (χ4n) is 3.42. The number of H-pyrrole nitrogens is 1. The second-order valence-corrected chi connectivity index (χ2v) is 7.20. The third-order valence-corrected chi connectivity index (χ3v) is 5.22. The van der Waals surface area contributed by atoms with Crippen molar-refractivity contribution in [3.63, 3.8) is 0 Å². The minimum atomic E-state index is -0.380. The van der Waals surface area contributed by atoms with Gasteiger partial charge in [0, 0.05) is 38.4 Å². The first-order chi connectivity index (χ1) is 14.0. The molecule has 1 aromatic carbocycles. The number of anilines is 2. The summed E-state index contributed by atoms with van der Waals surface area (Å²) in [7, 11) is 0. The van der Waals surface area contributed by atoms with E-state index >= 15 is 0 Å². The predicted molar refractivity (Wildman–Crippen MR) is 113 cm³/mol. The van der Waals surface area contributed by atoms with Crippen molar-refractivity contribution in [2.75, 3.05) is 36.4 Å². The molecule has 1 aliphatic heterocycles. The van der Waals surface area contributed by atoms with Crippen LogP contribution < -0.4 is 21.1 Å². The number of aryl methyl sites for hydroxylation is 2. The standard InChI is InChI=1S/C21H24N6O2/c1-14-3-4-16(11-15(14)2)27-20(28)12-17(25-27)21(29)24-18-13-23-6-5-19(18)26-9-7-22-8-10-26/h3-6,11-13,22,25H,7-10H2,1-2H3,(H,24,29). The normalized spacial score (nSPS) is 14.1. The molecule has 1 amide bonds. The number of aromatic nitrogens is 3. The molecule has 0 radical (unpaired) electrons. The zero-order valence-electron chi connectivity index (χ0n) is 16.5. The largest absolute Gasteiger partial charge is 0.367 e. The molecule has 8 nitrogen and oxygen atoms in total. The maximum Gasteiger partial charge on any atom is 0.273 e. The molecule has 0 aliphatic carbocycles. The van der Waals surface area contributed by atoms with Crippen LogP contribution >= 0.6 is 0 Å². The molecule has 1 aliphatic rings. The highest BCUT2D eigenvalue weighted by Crippen LogP contribution is 2.25. The highest BCUT2D eigenvalue weighted by atomic mass is 16.2. The molecular weight excluding hydrogens is 368 g/mol. The van der Waals surface area contributed by atoms with Crippen LogP contribution in [0.5, 0.6) is 0 Å². The van der Waals surface area contributed by atoms with Gasteiger partial charge in [0.25, 0.3) is 11.5 Å². The fourth-order valence-corrected chi connectivity index (χ4v) is 3.42. The molecule has 4 rings (SSSR count). The van der Waals surface area contributed by atoms with Crippen LogP contribution in [0.2, 0.25) is 0 Å². The Balaban J connectivity index is 1.59. The Morgan fingerprint density at radius 1 is 1.10 bits per heavy atom. The van der Waals surface area contributed by atoms with Crippen LogP contribution in [0, 0.1) is 13.8 Å². The van der Waals surface area contributed by atoms with Crippen molar-refractivity contribution in [3.8, 4) is 5.69 Å². The van der Waals surface area contributed by atoms with Crippen molar-refractivity contribution < 1.29 is 4.79 Å². The van der Waals surface area contributed by atoms with E-state index in [9.17, 15) is 9.59 Å². The van der Waals surface area contributed by atoms with Gasteiger partial charge in [-0.15, -0.1) is 0 Å². The lowest BCUT2D eigenvalue weighted by Gasteiger charge is -2.30. The molecule has 3 aromatic rings. The molecule has 3 N–H and O–H groups in total. The average molecular weight is 392 g/mol. The third kappa shape index (κ3) is 3.93. The van der Waals surface area contributed by atoms with Gasteiger partial charge in [-0.3, -0.25) is 19.7 Å². The molecule has 29 heavy (non-hydrogen) atoms. The number of nitrogens with one attached hydrogen (secondary N) is 3. The van der Waals surface area contributed by atoms with Gasteiger partial charge in [0.15, 0.2) is 0 Å². The van der Waals surface area contributed by atoms with E-state index in [1.165, 1.54) is 10.7 Å². The van der Waals surface area contributed by atoms with Crippen molar-refractivity contribution >= 4 is 17.3 Å². The van der Waals surface area contributed by atoms with Crippen molar-refractivity contribution in [2.24, 2.45) is 0 Å². The SMILES string of the molecule is Cc1ccc(-n2[nH]c(C(=O)Nc3cnccc3N3CCNCC3)cc2=O)cc1C. The van der Waals surface area contributed by atoms with Gasteiger partial charge in [-0.05, 0) is 43.2 Å². The van der Waals surface area contributed by atoms with Crippen molar-refractivity contribution in [3.05, 3.63) is 69.9 Å². The summed E-state index contributed by atoms with van der Waals surface area (Å²) in [5.41, 5.74) is 4.37. The van der Waals surface area contributed by atoms with Gasteiger partial charge in [-0.2, -0.15) is 0 Å². The van der Waals surface area contributed by atoms with Gasteiger partial charge in [0.2, 0.25) is 0 Å². The number of benzene rings is 1. The summed E-state index contributed by atoms with van der Waals surface area (Å²) >= 11 is 0. The zero-order chi connectivity index (χ0) is 20.4. The van der Waals surface area contributed by atoms with E-state index in [0.29, 0.717) is 11.4 Å². The molecule has 2 aromatic heterocycles. The number of carbonyl (C=O) groups is 1. The lowest BCUT2D eigenvalue weighted by molar-refractivity contribution is 0.102. The Bertz CT molecular complexity index is 1090. The summed E-state index contributed by atoms with van der Waals surface area (Å²) < 4.78 is 1.38. The molecule has 1 fully saturated rings. The lowest BCUT2D eigenvalue weighted by Crippen LogP contribution is -2.43. The first-order valence-electron chi connectivity index (χ1n) is 9.63. The maximum atomic E-state index is 12.8. The van der Waals surface area contributed by atoms with E-state index < -0.39 is 0 Å². The van der Waals surface area contributed by atoms with Gasteiger partial charge in [0.1, 0.15) is 5.69 Å². The molecule has 0 unspecified atom stereocenters. The van der Waals surface area contributed by atoms with Crippen LogP contribution in [0.4, 0.5) is 11.4 Å². The summed E-state index contributed by atoms with van der Waals surface area (Å²) in [6.07, 6.45) is 3.35. The fraction of sp³-hybridized carbons (Fsp3) is 0.286. The molecular formula is C21H24N6O2. The first kappa shape index (κ1) is 18.9. The van der Waals surface area contributed by atoms with Gasteiger partial charge >= 0.3 is 0 Å². The summed E-state index contributed by atoms with van der Waals surface area (Å²) in [6.45, 7) is 7.49. The maximum absolute atomic E-state index is 12.8. The smallest absolute Gasteiger partial charge is 0.273 e. The van der Waals surface area contributed by atoms with E-state index in [2.05, 4.69) is 25.6 Å². The van der Waals surface area contributed by atoms with Crippen LogP contribution in [0.25, 0.3) is 5.69 Å². The second kappa shape index (κ2) is 7.92. The van der Waals surface area contributed by atoms with Gasteiger partial charge in [0.05, 0.1) is 23.3 Å². The zero-order valence-corrected chi connectivity index (χ0v) is 16.5. The number of rotatable bonds is 4. The minimum absolute atomic E-state index is 0.198.